The van der Waals surface area contributed by atoms with E-state index in [2.05, 4.69) is 10.3 Å². The van der Waals surface area contributed by atoms with Gasteiger partial charge < -0.3 is 10.2 Å². The fourth-order valence-corrected chi connectivity index (χ4v) is 4.04. The molecule has 6 nitrogen and oxygen atoms in total. The van der Waals surface area contributed by atoms with Gasteiger partial charge in [0.1, 0.15) is 0 Å². The summed E-state index contributed by atoms with van der Waals surface area (Å²) >= 11 is 0. The molecule has 0 saturated carbocycles. The summed E-state index contributed by atoms with van der Waals surface area (Å²) < 4.78 is 1.56. The number of benzene rings is 1. The molecule has 3 heterocycles. The van der Waals surface area contributed by atoms with Crippen molar-refractivity contribution in [3.63, 3.8) is 0 Å². The minimum atomic E-state index is -0.0712. The van der Waals surface area contributed by atoms with E-state index in [1.165, 1.54) is 6.42 Å². The number of carbonyl (C=O) groups excluding carboxylic acids is 1. The molecule has 132 valence electrons. The number of hydrogen-bond donors (Lipinski definition) is 1. The predicted octanol–water partition coefficient (Wildman–Crippen LogP) is 1.45. The summed E-state index contributed by atoms with van der Waals surface area (Å²) in [5.74, 6) is 0.130. The third-order valence-electron chi connectivity index (χ3n) is 5.50. The van der Waals surface area contributed by atoms with Gasteiger partial charge in [-0.25, -0.2) is 4.98 Å². The topological polar surface area (TPSA) is 67.2 Å². The zero-order chi connectivity index (χ0) is 17.4. The lowest BCUT2D eigenvalue weighted by Gasteiger charge is -2.24. The Morgan fingerprint density at radius 3 is 3.00 bits per heavy atom. The Bertz CT molecular complexity index is 860. The van der Waals surface area contributed by atoms with E-state index in [0.717, 1.165) is 37.0 Å². The molecule has 2 saturated heterocycles. The molecule has 4 rings (SSSR count). The average Bonchev–Trinajstić information content (AvgIpc) is 2.93. The van der Waals surface area contributed by atoms with E-state index >= 15 is 0 Å². The molecule has 2 bridgehead atoms. The largest absolute Gasteiger partial charge is 0.341 e. The quantitative estimate of drug-likeness (QED) is 0.918. The molecule has 0 spiro atoms. The van der Waals surface area contributed by atoms with Crippen LogP contribution in [0.1, 0.15) is 31.2 Å². The number of nitrogens with one attached hydrogen (secondary N) is 1. The molecule has 1 amide bonds. The second-order valence-corrected chi connectivity index (χ2v) is 7.23. The summed E-state index contributed by atoms with van der Waals surface area (Å²) in [7, 11) is 0. The Kier molecular flexibility index (Phi) is 4.29. The number of nitrogens with zero attached hydrogens (tertiary/aromatic N) is 3. The van der Waals surface area contributed by atoms with Gasteiger partial charge in [-0.1, -0.05) is 12.1 Å². The summed E-state index contributed by atoms with van der Waals surface area (Å²) in [5, 5.41) is 4.20. The smallest absolute Gasteiger partial charge is 0.261 e. The van der Waals surface area contributed by atoms with Gasteiger partial charge in [0, 0.05) is 38.1 Å². The molecule has 0 aliphatic carbocycles. The molecule has 6 heteroatoms. The summed E-state index contributed by atoms with van der Waals surface area (Å²) in [6, 6.07) is 6.62. The van der Waals surface area contributed by atoms with Crippen molar-refractivity contribution < 1.29 is 4.79 Å². The Hall–Kier alpha value is -2.21. The monoisotopic (exact) mass is 340 g/mol. The summed E-state index contributed by atoms with van der Waals surface area (Å²) in [6.07, 6.45) is 5.32. The highest BCUT2D eigenvalue weighted by Crippen LogP contribution is 2.20. The standard InChI is InChI=1S/C19H24N4O2/c1-13-3-2-4-16-18(13)20-12-23(19(16)25)10-8-17(24)22-9-7-14-5-6-15(11-22)21-14/h2-4,12,14-15,21H,5-11H2,1H3. The number of carbonyl (C=O) groups is 1. The lowest BCUT2D eigenvalue weighted by Crippen LogP contribution is -2.39. The first-order chi connectivity index (χ1) is 12.1. The van der Waals surface area contributed by atoms with Crippen molar-refractivity contribution in [1.82, 2.24) is 19.8 Å². The van der Waals surface area contributed by atoms with Gasteiger partial charge in [0.15, 0.2) is 0 Å². The van der Waals surface area contributed by atoms with Gasteiger partial charge in [-0.15, -0.1) is 0 Å². The van der Waals surface area contributed by atoms with Gasteiger partial charge in [-0.05, 0) is 37.8 Å². The van der Waals surface area contributed by atoms with E-state index in [0.29, 0.717) is 30.4 Å². The highest BCUT2D eigenvalue weighted by atomic mass is 16.2. The van der Waals surface area contributed by atoms with Crippen molar-refractivity contribution in [2.45, 2.75) is 51.2 Å². The van der Waals surface area contributed by atoms with E-state index in [9.17, 15) is 9.59 Å². The van der Waals surface area contributed by atoms with Crippen molar-refractivity contribution in [2.75, 3.05) is 13.1 Å². The molecule has 1 N–H and O–H groups in total. The Morgan fingerprint density at radius 2 is 2.12 bits per heavy atom. The maximum absolute atomic E-state index is 12.6. The van der Waals surface area contributed by atoms with E-state index < -0.39 is 0 Å². The second kappa shape index (κ2) is 6.59. The third-order valence-corrected chi connectivity index (χ3v) is 5.50. The minimum Gasteiger partial charge on any atom is -0.341 e. The van der Waals surface area contributed by atoms with Crippen LogP contribution in [0.3, 0.4) is 0 Å². The molecule has 2 fully saturated rings. The zero-order valence-electron chi connectivity index (χ0n) is 14.6. The number of amides is 1. The summed E-state index contributed by atoms with van der Waals surface area (Å²) in [5.41, 5.74) is 1.66. The van der Waals surface area contributed by atoms with Crippen molar-refractivity contribution in [1.29, 1.82) is 0 Å². The maximum Gasteiger partial charge on any atom is 0.261 e. The van der Waals surface area contributed by atoms with E-state index in [1.807, 2.05) is 24.0 Å². The van der Waals surface area contributed by atoms with Crippen LogP contribution in [-0.4, -0.2) is 45.5 Å². The fourth-order valence-electron chi connectivity index (χ4n) is 4.04. The van der Waals surface area contributed by atoms with Gasteiger partial charge in [0.2, 0.25) is 5.91 Å². The highest BCUT2D eigenvalue weighted by Gasteiger charge is 2.30. The van der Waals surface area contributed by atoms with Crippen molar-refractivity contribution >= 4 is 16.8 Å². The molecule has 2 aromatic rings. The molecule has 0 radical (unpaired) electrons. The molecule has 2 atom stereocenters. The molecule has 25 heavy (non-hydrogen) atoms. The van der Waals surface area contributed by atoms with Crippen LogP contribution < -0.4 is 10.9 Å². The van der Waals surface area contributed by atoms with Crippen LogP contribution in [0, 0.1) is 6.92 Å². The van der Waals surface area contributed by atoms with Crippen LogP contribution in [0.25, 0.3) is 10.9 Å². The normalized spacial score (nSPS) is 23.0. The number of aryl methyl sites for hydroxylation is 2. The van der Waals surface area contributed by atoms with Gasteiger partial charge in [0.05, 0.1) is 17.2 Å². The fraction of sp³-hybridized carbons (Fsp3) is 0.526. The first-order valence-corrected chi connectivity index (χ1v) is 9.10. The van der Waals surface area contributed by atoms with Gasteiger partial charge in [-0.3, -0.25) is 14.2 Å². The van der Waals surface area contributed by atoms with Crippen LogP contribution >= 0.6 is 0 Å². The van der Waals surface area contributed by atoms with E-state index in [-0.39, 0.29) is 11.5 Å². The number of para-hydroxylation sites is 1. The minimum absolute atomic E-state index is 0.0712. The first-order valence-electron chi connectivity index (χ1n) is 9.10. The molecule has 2 unspecified atom stereocenters. The second-order valence-electron chi connectivity index (χ2n) is 7.23. The third kappa shape index (κ3) is 3.18. The SMILES string of the molecule is Cc1cccc2c(=O)n(CCC(=O)N3CCC4CCC(C3)N4)cnc12. The highest BCUT2D eigenvalue weighted by molar-refractivity contribution is 5.80. The molecular formula is C19H24N4O2. The molecule has 1 aromatic heterocycles. The number of fused-ring (bicyclic) bond motifs is 3. The van der Waals surface area contributed by atoms with Gasteiger partial charge in [0.25, 0.3) is 5.56 Å². The zero-order valence-corrected chi connectivity index (χ0v) is 14.6. The van der Waals surface area contributed by atoms with Crippen molar-refractivity contribution in [2.24, 2.45) is 0 Å². The number of rotatable bonds is 3. The first kappa shape index (κ1) is 16.3. The van der Waals surface area contributed by atoms with Crippen molar-refractivity contribution in [3.8, 4) is 0 Å². The van der Waals surface area contributed by atoms with Crippen LogP contribution in [0.4, 0.5) is 0 Å². The molecule has 2 aliphatic heterocycles. The number of hydrogen-bond acceptors (Lipinski definition) is 4. The van der Waals surface area contributed by atoms with Crippen molar-refractivity contribution in [3.05, 3.63) is 40.4 Å². The van der Waals surface area contributed by atoms with Crippen LogP contribution in [-0.2, 0) is 11.3 Å². The van der Waals surface area contributed by atoms with Crippen LogP contribution in [0.2, 0.25) is 0 Å². The molecule has 1 aromatic carbocycles. The summed E-state index contributed by atoms with van der Waals surface area (Å²) in [6.45, 7) is 3.94. The molecular weight excluding hydrogens is 316 g/mol. The average molecular weight is 340 g/mol. The Balaban J connectivity index is 1.46. The van der Waals surface area contributed by atoms with Gasteiger partial charge in [-0.2, -0.15) is 0 Å². The molecule has 2 aliphatic rings. The van der Waals surface area contributed by atoms with Crippen LogP contribution in [0.5, 0.6) is 0 Å². The Labute approximate surface area is 146 Å². The van der Waals surface area contributed by atoms with E-state index in [1.54, 1.807) is 17.0 Å². The predicted molar refractivity (Wildman–Crippen MR) is 96.5 cm³/mol. The lowest BCUT2D eigenvalue weighted by molar-refractivity contribution is -0.131. The van der Waals surface area contributed by atoms with E-state index in [4.69, 9.17) is 0 Å². The van der Waals surface area contributed by atoms with Gasteiger partial charge >= 0.3 is 0 Å². The number of aromatic nitrogens is 2. The lowest BCUT2D eigenvalue weighted by atomic mass is 10.1. The van der Waals surface area contributed by atoms with Crippen LogP contribution in [0.15, 0.2) is 29.3 Å². The number of likely N-dealkylation sites (tertiary alicyclic amines) is 1. The maximum atomic E-state index is 12.6. The summed E-state index contributed by atoms with van der Waals surface area (Å²) in [4.78, 5) is 31.6. The Morgan fingerprint density at radius 1 is 1.28 bits per heavy atom.